The zero-order valence-electron chi connectivity index (χ0n) is 37.3. The Bertz CT molecular complexity index is 948. The maximum atomic E-state index is 12.6. The summed E-state index contributed by atoms with van der Waals surface area (Å²) in [5, 5.41) is 0. The SMILES string of the molecule is CCCCCCCC/C=C\CCCCCCCCCC(=O)OC[C@H](COP(=O)(O)OCCN)OC(=O)CCCCCCCCCCCCCCCCCCCCC. The minimum Gasteiger partial charge on any atom is -0.462 e. The van der Waals surface area contributed by atoms with Crippen molar-refractivity contribution < 1.29 is 37.6 Å². The number of esters is 2. The van der Waals surface area contributed by atoms with Gasteiger partial charge in [-0.15, -0.1) is 0 Å². The topological polar surface area (TPSA) is 134 Å². The molecule has 0 bridgehead atoms. The Labute approximate surface area is 351 Å². The van der Waals surface area contributed by atoms with Crippen LogP contribution in [0.15, 0.2) is 12.2 Å². The van der Waals surface area contributed by atoms with Crippen LogP contribution in [0, 0.1) is 0 Å². The average Bonchev–Trinajstić information content (AvgIpc) is 3.20. The Morgan fingerprint density at radius 2 is 0.860 bits per heavy atom. The Balaban J connectivity index is 4.05. The van der Waals surface area contributed by atoms with E-state index in [1.807, 2.05) is 0 Å². The molecule has 57 heavy (non-hydrogen) atoms. The predicted molar refractivity (Wildman–Crippen MR) is 238 cm³/mol. The number of allylic oxidation sites excluding steroid dienone is 2. The number of rotatable bonds is 46. The normalized spacial score (nSPS) is 13.3. The third-order valence-electron chi connectivity index (χ3n) is 10.7. The summed E-state index contributed by atoms with van der Waals surface area (Å²) in [6, 6.07) is 0. The number of nitrogens with two attached hydrogens (primary N) is 1. The number of phosphoric ester groups is 1. The number of ether oxygens (including phenoxy) is 2. The van der Waals surface area contributed by atoms with Gasteiger partial charge in [0.2, 0.25) is 0 Å². The van der Waals surface area contributed by atoms with Crippen LogP contribution >= 0.6 is 7.82 Å². The largest absolute Gasteiger partial charge is 0.472 e. The lowest BCUT2D eigenvalue weighted by atomic mass is 10.0. The number of unbranched alkanes of at least 4 members (excludes halogenated alkanes) is 31. The molecule has 10 heteroatoms. The number of phosphoric acid groups is 1. The lowest BCUT2D eigenvalue weighted by molar-refractivity contribution is -0.161. The van der Waals surface area contributed by atoms with Gasteiger partial charge >= 0.3 is 19.8 Å². The van der Waals surface area contributed by atoms with E-state index in [2.05, 4.69) is 26.0 Å². The van der Waals surface area contributed by atoms with Crippen molar-refractivity contribution in [1.82, 2.24) is 0 Å². The van der Waals surface area contributed by atoms with E-state index in [0.717, 1.165) is 32.1 Å². The summed E-state index contributed by atoms with van der Waals surface area (Å²) in [6.07, 6.45) is 46.7. The molecule has 2 atom stereocenters. The van der Waals surface area contributed by atoms with Crippen LogP contribution in [0.1, 0.15) is 245 Å². The van der Waals surface area contributed by atoms with Crippen LogP contribution < -0.4 is 5.73 Å². The number of carbonyl (C=O) groups excluding carboxylic acids is 2. The van der Waals surface area contributed by atoms with Crippen LogP contribution in [-0.2, 0) is 32.7 Å². The monoisotopic (exact) mass is 830 g/mol. The van der Waals surface area contributed by atoms with E-state index >= 15 is 0 Å². The number of hydrogen-bond acceptors (Lipinski definition) is 8. The molecule has 0 amide bonds. The van der Waals surface area contributed by atoms with Gasteiger partial charge in [0.1, 0.15) is 6.61 Å². The highest BCUT2D eigenvalue weighted by atomic mass is 31.2. The first kappa shape index (κ1) is 55.8. The highest BCUT2D eigenvalue weighted by Gasteiger charge is 2.26. The molecule has 0 aromatic carbocycles. The van der Waals surface area contributed by atoms with Crippen LogP contribution in [0.3, 0.4) is 0 Å². The van der Waals surface area contributed by atoms with Crippen LogP contribution in [0.4, 0.5) is 0 Å². The Morgan fingerprint density at radius 3 is 1.25 bits per heavy atom. The second kappa shape index (κ2) is 44.3. The van der Waals surface area contributed by atoms with E-state index < -0.39 is 26.5 Å². The van der Waals surface area contributed by atoms with Gasteiger partial charge in [-0.25, -0.2) is 4.57 Å². The second-order valence-corrected chi connectivity index (χ2v) is 17.8. The molecule has 338 valence electrons. The minimum absolute atomic E-state index is 0.0559. The van der Waals surface area contributed by atoms with Gasteiger partial charge in [-0.2, -0.15) is 0 Å². The maximum absolute atomic E-state index is 12.6. The lowest BCUT2D eigenvalue weighted by Crippen LogP contribution is -2.29. The lowest BCUT2D eigenvalue weighted by Gasteiger charge is -2.19. The Hall–Kier alpha value is -1.25. The third-order valence-corrected chi connectivity index (χ3v) is 11.6. The fraction of sp³-hybridized carbons (Fsp3) is 0.915. The molecule has 0 aliphatic heterocycles. The molecule has 0 aromatic heterocycles. The molecule has 0 fully saturated rings. The average molecular weight is 830 g/mol. The van der Waals surface area contributed by atoms with Crippen molar-refractivity contribution >= 4 is 19.8 Å². The summed E-state index contributed by atoms with van der Waals surface area (Å²) in [4.78, 5) is 35.0. The van der Waals surface area contributed by atoms with Crippen molar-refractivity contribution in [2.75, 3.05) is 26.4 Å². The molecule has 0 aromatic rings. The van der Waals surface area contributed by atoms with Crippen molar-refractivity contribution in [2.24, 2.45) is 5.73 Å². The predicted octanol–water partition coefficient (Wildman–Crippen LogP) is 14.2. The fourth-order valence-corrected chi connectivity index (χ4v) is 7.81. The van der Waals surface area contributed by atoms with Crippen molar-refractivity contribution in [3.05, 3.63) is 12.2 Å². The molecule has 0 saturated heterocycles. The van der Waals surface area contributed by atoms with Gasteiger partial charge in [0.15, 0.2) is 6.10 Å². The standard InChI is InChI=1S/C47H92NO8P/c1-3-5-7-9-11-13-15-17-19-21-22-24-26-28-30-32-34-36-38-40-47(50)56-45(44-55-57(51,52)54-42-41-48)43-53-46(49)39-37-35-33-31-29-27-25-23-20-18-16-14-12-10-8-6-4-2/h18,20,45H,3-17,19,21-44,48H2,1-2H3,(H,51,52)/b20-18-/t45-/m1/s1. The molecule has 3 N–H and O–H groups in total. The zero-order valence-corrected chi connectivity index (χ0v) is 38.2. The van der Waals surface area contributed by atoms with E-state index in [0.29, 0.717) is 6.42 Å². The van der Waals surface area contributed by atoms with Crippen LogP contribution in [0.2, 0.25) is 0 Å². The summed E-state index contributed by atoms with van der Waals surface area (Å²) in [6.45, 7) is 3.77. The second-order valence-electron chi connectivity index (χ2n) is 16.3. The zero-order chi connectivity index (χ0) is 41.8. The summed E-state index contributed by atoms with van der Waals surface area (Å²) < 4.78 is 32.9. The summed E-state index contributed by atoms with van der Waals surface area (Å²) in [5.41, 5.74) is 5.36. The summed E-state index contributed by atoms with van der Waals surface area (Å²) >= 11 is 0. The smallest absolute Gasteiger partial charge is 0.462 e. The first-order valence-corrected chi connectivity index (χ1v) is 25.7. The molecule has 9 nitrogen and oxygen atoms in total. The van der Waals surface area contributed by atoms with E-state index in [1.165, 1.54) is 180 Å². The van der Waals surface area contributed by atoms with Crippen LogP contribution in [-0.4, -0.2) is 49.3 Å². The molecule has 0 aliphatic carbocycles. The van der Waals surface area contributed by atoms with E-state index in [4.69, 9.17) is 24.3 Å². The molecule has 0 radical (unpaired) electrons. The van der Waals surface area contributed by atoms with Gasteiger partial charge in [-0.1, -0.05) is 206 Å². The van der Waals surface area contributed by atoms with Gasteiger partial charge in [0.25, 0.3) is 0 Å². The first-order chi connectivity index (χ1) is 27.8. The van der Waals surface area contributed by atoms with E-state index in [9.17, 15) is 19.0 Å². The van der Waals surface area contributed by atoms with Gasteiger partial charge in [0.05, 0.1) is 13.2 Å². The minimum atomic E-state index is -4.37. The quantitative estimate of drug-likeness (QED) is 0.0266. The molecular weight excluding hydrogens is 737 g/mol. The van der Waals surface area contributed by atoms with Crippen LogP contribution in [0.25, 0.3) is 0 Å². The van der Waals surface area contributed by atoms with Gasteiger partial charge in [0, 0.05) is 19.4 Å². The van der Waals surface area contributed by atoms with Crippen molar-refractivity contribution in [3.63, 3.8) is 0 Å². The van der Waals surface area contributed by atoms with Crippen molar-refractivity contribution in [1.29, 1.82) is 0 Å². The molecule has 1 unspecified atom stereocenters. The molecular formula is C47H92NO8P. The molecule has 0 spiro atoms. The number of carbonyl (C=O) groups is 2. The molecule has 0 saturated carbocycles. The summed E-state index contributed by atoms with van der Waals surface area (Å²) in [7, 11) is -4.37. The van der Waals surface area contributed by atoms with Crippen molar-refractivity contribution in [3.8, 4) is 0 Å². The van der Waals surface area contributed by atoms with Crippen LogP contribution in [0.5, 0.6) is 0 Å². The molecule has 0 heterocycles. The van der Waals surface area contributed by atoms with Crippen molar-refractivity contribution in [2.45, 2.75) is 251 Å². The highest BCUT2D eigenvalue weighted by molar-refractivity contribution is 7.47. The fourth-order valence-electron chi connectivity index (χ4n) is 7.04. The first-order valence-electron chi connectivity index (χ1n) is 24.2. The highest BCUT2D eigenvalue weighted by Crippen LogP contribution is 2.43. The number of hydrogen-bond donors (Lipinski definition) is 2. The third kappa shape index (κ3) is 44.1. The Morgan fingerprint density at radius 1 is 0.509 bits per heavy atom. The van der Waals surface area contributed by atoms with E-state index in [-0.39, 0.29) is 38.6 Å². The maximum Gasteiger partial charge on any atom is 0.472 e. The van der Waals surface area contributed by atoms with Gasteiger partial charge < -0.3 is 20.1 Å². The molecule has 0 aliphatic rings. The van der Waals surface area contributed by atoms with Gasteiger partial charge in [-0.05, 0) is 38.5 Å². The molecule has 0 rings (SSSR count). The van der Waals surface area contributed by atoms with Gasteiger partial charge in [-0.3, -0.25) is 18.6 Å². The summed E-state index contributed by atoms with van der Waals surface area (Å²) in [5.74, 6) is -0.819. The Kier molecular flexibility index (Phi) is 43.3. The van der Waals surface area contributed by atoms with E-state index in [1.54, 1.807) is 0 Å².